The van der Waals surface area contributed by atoms with Gasteiger partial charge in [-0.05, 0) is 43.4 Å². The summed E-state index contributed by atoms with van der Waals surface area (Å²) >= 11 is 0. The van der Waals surface area contributed by atoms with Gasteiger partial charge in [0.1, 0.15) is 0 Å². The molecule has 0 aliphatic carbocycles. The molecule has 0 radical (unpaired) electrons. The van der Waals surface area contributed by atoms with Gasteiger partial charge in [-0.3, -0.25) is 4.98 Å². The molecule has 0 saturated carbocycles. The van der Waals surface area contributed by atoms with Crippen LogP contribution in [-0.4, -0.2) is 16.2 Å². The number of aromatic nitrogens is 1. The molecule has 1 N–H and O–H groups in total. The number of hydrogen-bond acceptors (Lipinski definition) is 2. The Morgan fingerprint density at radius 1 is 1.28 bits per heavy atom. The summed E-state index contributed by atoms with van der Waals surface area (Å²) in [5, 5.41) is 11.1. The predicted molar refractivity (Wildman–Crippen MR) is 75.6 cm³/mol. The monoisotopic (exact) mass is 243 g/mol. The number of pyridine rings is 1. The zero-order chi connectivity index (χ0) is 13.1. The van der Waals surface area contributed by atoms with Gasteiger partial charge in [0.05, 0.1) is 11.6 Å². The van der Waals surface area contributed by atoms with E-state index in [2.05, 4.69) is 24.0 Å². The summed E-state index contributed by atoms with van der Waals surface area (Å²) in [6.45, 7) is 6.16. The van der Waals surface area contributed by atoms with Crippen LogP contribution in [0.5, 0.6) is 0 Å². The van der Waals surface area contributed by atoms with Crippen LogP contribution in [0.25, 0.3) is 10.9 Å². The van der Waals surface area contributed by atoms with Crippen molar-refractivity contribution in [2.45, 2.75) is 39.7 Å². The third kappa shape index (κ3) is 2.70. The third-order valence-electron chi connectivity index (χ3n) is 3.55. The molecule has 0 saturated heterocycles. The molecule has 2 rings (SSSR count). The van der Waals surface area contributed by atoms with Gasteiger partial charge in [0.25, 0.3) is 0 Å². The van der Waals surface area contributed by atoms with Crippen LogP contribution >= 0.6 is 0 Å². The summed E-state index contributed by atoms with van der Waals surface area (Å²) < 4.78 is 0. The third-order valence-corrected chi connectivity index (χ3v) is 3.55. The number of nitrogens with zero attached hydrogens (tertiary/aromatic N) is 1. The van der Waals surface area contributed by atoms with E-state index in [1.807, 2.05) is 32.0 Å². The standard InChI is InChI=1S/C16H21NO/c1-4-16(18)11(2)9-13-10-12(3)17-15-8-6-5-7-14(13)15/h5-8,10-11,16,18H,4,9H2,1-3H3. The van der Waals surface area contributed by atoms with E-state index >= 15 is 0 Å². The van der Waals surface area contributed by atoms with E-state index in [9.17, 15) is 5.11 Å². The Hall–Kier alpha value is -1.41. The van der Waals surface area contributed by atoms with E-state index in [4.69, 9.17) is 0 Å². The molecular weight excluding hydrogens is 222 g/mol. The molecule has 0 spiro atoms. The lowest BCUT2D eigenvalue weighted by atomic mass is 9.92. The van der Waals surface area contributed by atoms with Gasteiger partial charge in [-0.2, -0.15) is 0 Å². The van der Waals surface area contributed by atoms with Crippen molar-refractivity contribution in [2.75, 3.05) is 0 Å². The number of fused-ring (bicyclic) bond motifs is 1. The molecular formula is C16H21NO. The van der Waals surface area contributed by atoms with Gasteiger partial charge in [0, 0.05) is 11.1 Å². The van der Waals surface area contributed by atoms with Crippen LogP contribution in [0.15, 0.2) is 30.3 Å². The summed E-state index contributed by atoms with van der Waals surface area (Å²) in [6.07, 6.45) is 1.49. The molecule has 1 aromatic carbocycles. The van der Waals surface area contributed by atoms with Crippen LogP contribution in [0.3, 0.4) is 0 Å². The molecule has 2 nitrogen and oxygen atoms in total. The van der Waals surface area contributed by atoms with E-state index < -0.39 is 0 Å². The summed E-state index contributed by atoms with van der Waals surface area (Å²) in [4.78, 5) is 4.55. The van der Waals surface area contributed by atoms with Crippen molar-refractivity contribution in [1.29, 1.82) is 0 Å². The number of para-hydroxylation sites is 1. The van der Waals surface area contributed by atoms with Gasteiger partial charge in [-0.15, -0.1) is 0 Å². The van der Waals surface area contributed by atoms with Gasteiger partial charge in [0.15, 0.2) is 0 Å². The minimum atomic E-state index is -0.225. The Labute approximate surface area is 109 Å². The maximum atomic E-state index is 9.91. The SMILES string of the molecule is CCC(O)C(C)Cc1cc(C)nc2ccccc12. The fourth-order valence-electron chi connectivity index (χ4n) is 2.45. The molecule has 2 atom stereocenters. The summed E-state index contributed by atoms with van der Waals surface area (Å²) in [6, 6.07) is 10.4. The molecule has 0 amide bonds. The molecule has 18 heavy (non-hydrogen) atoms. The highest BCUT2D eigenvalue weighted by atomic mass is 16.3. The van der Waals surface area contributed by atoms with Gasteiger partial charge in [-0.1, -0.05) is 32.0 Å². The second-order valence-electron chi connectivity index (χ2n) is 5.10. The maximum Gasteiger partial charge on any atom is 0.0707 e. The van der Waals surface area contributed by atoms with Crippen molar-refractivity contribution in [3.05, 3.63) is 41.6 Å². The van der Waals surface area contributed by atoms with E-state index in [1.165, 1.54) is 10.9 Å². The summed E-state index contributed by atoms with van der Waals surface area (Å²) in [5.41, 5.74) is 3.38. The van der Waals surface area contributed by atoms with Crippen molar-refractivity contribution in [2.24, 2.45) is 5.92 Å². The van der Waals surface area contributed by atoms with Gasteiger partial charge in [0.2, 0.25) is 0 Å². The molecule has 2 aromatic rings. The summed E-state index contributed by atoms with van der Waals surface area (Å²) in [5.74, 6) is 0.278. The average molecular weight is 243 g/mol. The van der Waals surface area contributed by atoms with Gasteiger partial charge >= 0.3 is 0 Å². The number of rotatable bonds is 4. The smallest absolute Gasteiger partial charge is 0.0707 e. The van der Waals surface area contributed by atoms with Crippen LogP contribution in [-0.2, 0) is 6.42 Å². The van der Waals surface area contributed by atoms with E-state index in [0.717, 1.165) is 24.1 Å². The lowest BCUT2D eigenvalue weighted by Crippen LogP contribution is -2.18. The second kappa shape index (κ2) is 5.49. The predicted octanol–water partition coefficient (Wildman–Crippen LogP) is 3.49. The highest BCUT2D eigenvalue weighted by molar-refractivity contribution is 5.82. The normalized spacial score (nSPS) is 14.7. The first-order valence-corrected chi connectivity index (χ1v) is 6.65. The number of aryl methyl sites for hydroxylation is 1. The minimum Gasteiger partial charge on any atom is -0.393 e. The van der Waals surface area contributed by atoms with Crippen LogP contribution in [0.1, 0.15) is 31.5 Å². The number of aliphatic hydroxyl groups is 1. The number of hydrogen-bond donors (Lipinski definition) is 1. The van der Waals surface area contributed by atoms with E-state index in [0.29, 0.717) is 0 Å². The van der Waals surface area contributed by atoms with Crippen molar-refractivity contribution >= 4 is 10.9 Å². The van der Waals surface area contributed by atoms with Crippen molar-refractivity contribution < 1.29 is 5.11 Å². The largest absolute Gasteiger partial charge is 0.393 e. The quantitative estimate of drug-likeness (QED) is 0.891. The summed E-state index contributed by atoms with van der Waals surface area (Å²) in [7, 11) is 0. The van der Waals surface area contributed by atoms with Crippen molar-refractivity contribution in [3.8, 4) is 0 Å². The van der Waals surface area contributed by atoms with E-state index in [1.54, 1.807) is 0 Å². The molecule has 0 aliphatic rings. The molecule has 2 unspecified atom stereocenters. The molecule has 96 valence electrons. The molecule has 1 heterocycles. The first-order chi connectivity index (χ1) is 8.61. The number of aliphatic hydroxyl groups excluding tert-OH is 1. The molecule has 0 bridgehead atoms. The average Bonchev–Trinajstić information content (AvgIpc) is 2.37. The first kappa shape index (κ1) is 13.0. The first-order valence-electron chi connectivity index (χ1n) is 6.65. The Morgan fingerprint density at radius 3 is 2.72 bits per heavy atom. The van der Waals surface area contributed by atoms with Crippen LogP contribution < -0.4 is 0 Å². The lowest BCUT2D eigenvalue weighted by Gasteiger charge is -2.18. The topological polar surface area (TPSA) is 33.1 Å². The van der Waals surface area contributed by atoms with Gasteiger partial charge < -0.3 is 5.11 Å². The van der Waals surface area contributed by atoms with Crippen LogP contribution in [0.2, 0.25) is 0 Å². The molecule has 1 aromatic heterocycles. The molecule has 0 aliphatic heterocycles. The fourth-order valence-corrected chi connectivity index (χ4v) is 2.45. The van der Waals surface area contributed by atoms with E-state index in [-0.39, 0.29) is 12.0 Å². The Bertz CT molecular complexity index is 536. The maximum absolute atomic E-state index is 9.91. The number of benzene rings is 1. The Morgan fingerprint density at radius 2 is 2.00 bits per heavy atom. The second-order valence-corrected chi connectivity index (χ2v) is 5.10. The van der Waals surface area contributed by atoms with Crippen molar-refractivity contribution in [1.82, 2.24) is 4.98 Å². The zero-order valence-electron chi connectivity index (χ0n) is 11.4. The van der Waals surface area contributed by atoms with Gasteiger partial charge in [-0.25, -0.2) is 0 Å². The van der Waals surface area contributed by atoms with Crippen LogP contribution in [0, 0.1) is 12.8 Å². The van der Waals surface area contributed by atoms with Crippen LogP contribution in [0.4, 0.5) is 0 Å². The molecule has 0 fully saturated rings. The zero-order valence-corrected chi connectivity index (χ0v) is 11.4. The fraction of sp³-hybridized carbons (Fsp3) is 0.438. The highest BCUT2D eigenvalue weighted by Gasteiger charge is 2.14. The Kier molecular flexibility index (Phi) is 3.97. The Balaban J connectivity index is 2.38. The lowest BCUT2D eigenvalue weighted by molar-refractivity contribution is 0.113. The van der Waals surface area contributed by atoms with Crippen molar-refractivity contribution in [3.63, 3.8) is 0 Å². The molecule has 2 heteroatoms. The minimum absolute atomic E-state index is 0.225. The highest BCUT2D eigenvalue weighted by Crippen LogP contribution is 2.22.